The first kappa shape index (κ1) is 118. The number of hydrogen-bond donors (Lipinski definition) is 3. The van der Waals surface area contributed by atoms with Gasteiger partial charge in [-0.2, -0.15) is 37.9 Å². The fourth-order valence-electron chi connectivity index (χ4n) is 17.2. The van der Waals surface area contributed by atoms with Crippen molar-refractivity contribution >= 4 is 145 Å². The molecule has 3 unspecified atom stereocenters. The molecule has 7 aromatic rings. The van der Waals surface area contributed by atoms with E-state index < -0.39 is 235 Å². The molecule has 10 rings (SSSR count). The van der Waals surface area contributed by atoms with Gasteiger partial charge < -0.3 is 99.5 Å². The third-order valence-electron chi connectivity index (χ3n) is 22.9. The van der Waals surface area contributed by atoms with Gasteiger partial charge in [-0.3, -0.25) is 86.3 Å². The van der Waals surface area contributed by atoms with Crippen LogP contribution in [-0.4, -0.2) is 254 Å². The van der Waals surface area contributed by atoms with Gasteiger partial charge in [0, 0.05) is 151 Å². The first-order chi connectivity index (χ1) is 71.2. The Hall–Kier alpha value is -14.1. The summed E-state index contributed by atoms with van der Waals surface area (Å²) in [4.78, 5) is 238. The lowest BCUT2D eigenvalue weighted by atomic mass is 9.92. The van der Waals surface area contributed by atoms with Gasteiger partial charge in [0.15, 0.2) is 54.0 Å². The van der Waals surface area contributed by atoms with Gasteiger partial charge in [0.1, 0.15) is 55.4 Å². The van der Waals surface area contributed by atoms with Gasteiger partial charge in [-0.15, -0.1) is 0 Å². The smallest absolute Gasteiger partial charge is 0.310 e. The Morgan fingerprint density at radius 1 is 0.260 bits per heavy atom. The van der Waals surface area contributed by atoms with Gasteiger partial charge in [-0.1, -0.05) is 91.0 Å². The molecule has 0 N–H and O–H groups in total. The van der Waals surface area contributed by atoms with Gasteiger partial charge in [0.2, 0.25) is 37.2 Å². The quantitative estimate of drug-likeness (QED) is 0.0138. The highest BCUT2D eigenvalue weighted by Gasteiger charge is 2.57. The van der Waals surface area contributed by atoms with E-state index in [0.29, 0.717) is 50.1 Å². The third-order valence-corrected chi connectivity index (χ3v) is 24.0. The van der Waals surface area contributed by atoms with Crippen molar-refractivity contribution in [2.24, 2.45) is 0 Å². The summed E-state index contributed by atoms with van der Waals surface area (Å²) in [5, 5.41) is -2.40. The Balaban J connectivity index is 1.03. The third kappa shape index (κ3) is 35.3. The summed E-state index contributed by atoms with van der Waals surface area (Å²) >= 11 is 15.2. The molecule has 804 valence electrons. The molecule has 0 radical (unpaired) electrons. The number of benzene rings is 7. The van der Waals surface area contributed by atoms with Crippen molar-refractivity contribution in [3.63, 3.8) is 0 Å². The lowest BCUT2D eigenvalue weighted by Crippen LogP contribution is -2.63. The topological polar surface area (TPSA) is 501 Å². The summed E-state index contributed by atoms with van der Waals surface area (Å²) in [6.07, 6.45) is -25.2. The predicted molar refractivity (Wildman–Crippen MR) is 537 cm³/mol. The number of ketones is 3. The van der Waals surface area contributed by atoms with Crippen LogP contribution in [0, 0.1) is 0 Å². The normalized spacial score (nSPS) is 20.7. The minimum Gasteiger partial charge on any atom is -0.466 e. The average Bonchev–Trinajstić information content (AvgIpc) is 0.788. The molecule has 3 heterocycles. The Kier molecular flexibility index (Phi) is 44.0. The van der Waals surface area contributed by atoms with Gasteiger partial charge in [-0.25, -0.2) is 0 Å². The van der Waals surface area contributed by atoms with E-state index in [4.69, 9.17) is 137 Å². The zero-order valence-corrected chi connectivity index (χ0v) is 87.8. The summed E-state index contributed by atoms with van der Waals surface area (Å²) in [6.45, 7) is 16.3. The van der Waals surface area contributed by atoms with Crippen LogP contribution in [0.4, 0.5) is 0 Å². The molecule has 3 aliphatic rings. The van der Waals surface area contributed by atoms with Crippen LogP contribution in [0.2, 0.25) is 0 Å². The number of rotatable bonds is 48. The molecule has 42 heteroatoms. The Bertz CT molecular complexity index is 5530. The number of carbonyl (C=O) groups is 18. The van der Waals surface area contributed by atoms with Crippen molar-refractivity contribution in [3.8, 4) is 50.6 Å². The second-order valence-electron chi connectivity index (χ2n) is 35.3. The average molecular weight is 2140 g/mol. The SMILES string of the molecule is CCOC(=O)Cc1cccc(-c2cc(C(=O)CC(S)Cc3cc(CC(S)CC(=O)c4ccc(O[C@@H]5O[C@H](COC(C)=O)[C@@H](OC(C)=O)[C@H](OC(C)=O)[C@@H]5OC(C)=O)c(-c5cccc(CC(=O)OCC)c5)c4)cc(CC(S)CC(=O)c4ccc(O[C@@H]5O[C@H](COC(C)=O)[C@@H](OC(C)=O)[C@H](OC(C)=O)[C@@H]5OC(C)=O)c(-c5cccc(CC(=O)OCC)c5)c4)c3)ccc2O[C@@H]2O[C@H](COC(C)=O)[C@@H](OC(C)=O)[C@H](OC(C)=O)[C@@H]2OC(C)=O)c1. The van der Waals surface area contributed by atoms with Crippen LogP contribution in [0.3, 0.4) is 0 Å². The summed E-state index contributed by atoms with van der Waals surface area (Å²) < 4.78 is 122. The van der Waals surface area contributed by atoms with E-state index in [0.717, 1.165) is 83.1 Å². The van der Waals surface area contributed by atoms with Crippen LogP contribution >= 0.6 is 37.9 Å². The Labute approximate surface area is 881 Å². The van der Waals surface area contributed by atoms with Gasteiger partial charge in [0.25, 0.3) is 0 Å². The van der Waals surface area contributed by atoms with E-state index in [2.05, 4.69) is 0 Å². The Morgan fingerprint density at radius 3 is 0.707 bits per heavy atom. The number of esters is 15. The minimum atomic E-state index is -1.74. The summed E-state index contributed by atoms with van der Waals surface area (Å²) in [5.41, 5.74) is 5.25. The van der Waals surface area contributed by atoms with Crippen LogP contribution in [0.15, 0.2) is 146 Å². The van der Waals surface area contributed by atoms with Gasteiger partial charge in [0.05, 0.1) is 39.1 Å². The molecule has 0 aliphatic carbocycles. The van der Waals surface area contributed by atoms with Crippen molar-refractivity contribution in [3.05, 3.63) is 196 Å². The maximum absolute atomic E-state index is 15.2. The van der Waals surface area contributed by atoms with Gasteiger partial charge >= 0.3 is 89.5 Å². The lowest BCUT2D eigenvalue weighted by molar-refractivity contribution is -0.288. The molecular formula is C108H120O39S3. The molecular weight excluding hydrogens is 2020 g/mol. The van der Waals surface area contributed by atoms with Crippen molar-refractivity contribution in [2.75, 3.05) is 39.6 Å². The van der Waals surface area contributed by atoms with E-state index in [-0.39, 0.29) is 128 Å². The molecule has 0 aromatic heterocycles. The fourth-order valence-corrected chi connectivity index (χ4v) is 18.4. The van der Waals surface area contributed by atoms with Crippen LogP contribution in [-0.2, 0) is 196 Å². The molecule has 3 saturated heterocycles. The number of ether oxygens (including phenoxy) is 21. The zero-order valence-electron chi connectivity index (χ0n) is 85.1. The van der Waals surface area contributed by atoms with E-state index in [9.17, 15) is 71.9 Å². The van der Waals surface area contributed by atoms with Crippen LogP contribution in [0.5, 0.6) is 17.2 Å². The highest BCUT2D eigenvalue weighted by molar-refractivity contribution is 7.81. The van der Waals surface area contributed by atoms with Crippen molar-refractivity contribution in [1.29, 1.82) is 0 Å². The minimum absolute atomic E-state index is 0.0364. The summed E-state index contributed by atoms with van der Waals surface area (Å²) in [6, 6.07) is 38.6. The highest BCUT2D eigenvalue weighted by atomic mass is 32.1. The molecule has 3 fully saturated rings. The van der Waals surface area contributed by atoms with E-state index in [1.165, 1.54) is 54.6 Å². The molecule has 0 spiro atoms. The van der Waals surface area contributed by atoms with E-state index in [1.54, 1.807) is 93.6 Å². The van der Waals surface area contributed by atoms with Crippen LogP contribution < -0.4 is 14.2 Å². The molecule has 150 heavy (non-hydrogen) atoms. The molecule has 0 bridgehead atoms. The number of thiol groups is 3. The standard InChI is InChI=1S/C108H120O39S3/c1-16-127-94(124)43-67-22-19-25-73(37-67)82-46-76(28-31-88(82)142-106-103(139-64(13)118)100(136-61(10)115)97(133-58(7)112)91(145-106)52-130-55(4)109)85(121)49-79(148)40-70-34-71(41-80(149)50-86(122)77-29-32-89(83(47-77)74-26-20-23-68(38-74)44-95(125)128-17-2)143-107-104(140-65(14)119)101(137-62(11)116)98(134-59(8)113)92(146-107)53-131-56(5)110)36-72(35-70)42-81(150)51-87(123)78-30-33-90(84(48-78)75-27-21-24-69(39-75)45-96(126)129-18-3)144-108-105(141-66(15)120)102(138-63(12)117)99(135-60(9)114)93(147-108)54-132-57(6)111/h19-39,46-48,79-81,91-93,97-108,148-150H,16-18,40-45,49-54H2,1-15H3/t79?,80?,81?,91-,92-,93-,97-,98-,99-,100+,101+,102+,103+,104+,105+,106-,107-,108-/m1/s1. The van der Waals surface area contributed by atoms with Crippen molar-refractivity contribution in [2.45, 2.75) is 270 Å². The van der Waals surface area contributed by atoms with E-state index in [1.807, 2.05) is 18.2 Å². The number of carbonyl (C=O) groups excluding carboxylic acids is 18. The maximum Gasteiger partial charge on any atom is 0.310 e. The monoisotopic (exact) mass is 2140 g/mol. The lowest BCUT2D eigenvalue weighted by Gasteiger charge is -2.44. The van der Waals surface area contributed by atoms with Gasteiger partial charge in [-0.05, 0) is 145 Å². The second-order valence-corrected chi connectivity index (χ2v) is 37.5. The van der Waals surface area contributed by atoms with Crippen molar-refractivity contribution < 1.29 is 186 Å². The molecule has 3 aliphatic heterocycles. The van der Waals surface area contributed by atoms with Crippen molar-refractivity contribution in [1.82, 2.24) is 0 Å². The summed E-state index contributed by atoms with van der Waals surface area (Å²) in [5.74, 6) is -13.6. The maximum atomic E-state index is 15.2. The second kappa shape index (κ2) is 56.0. The first-order valence-electron chi connectivity index (χ1n) is 48.0. The fraction of sp³-hybridized carbons (Fsp3) is 0.444. The molecule has 7 aromatic carbocycles. The molecule has 18 atom stereocenters. The predicted octanol–water partition coefficient (Wildman–Crippen LogP) is 11.7. The molecule has 0 amide bonds. The Morgan fingerprint density at radius 2 is 0.487 bits per heavy atom. The zero-order chi connectivity index (χ0) is 110. The molecule has 39 nitrogen and oxygen atoms in total. The number of Topliss-reactive ketones (excluding diaryl/α,β-unsaturated/α-hetero) is 3. The largest absolute Gasteiger partial charge is 0.466 e. The summed E-state index contributed by atoms with van der Waals surface area (Å²) in [7, 11) is 0. The first-order valence-corrected chi connectivity index (χ1v) is 49.6. The molecule has 0 saturated carbocycles. The van der Waals surface area contributed by atoms with E-state index >= 15 is 14.4 Å². The highest BCUT2D eigenvalue weighted by Crippen LogP contribution is 2.43. The number of hydrogen-bond acceptors (Lipinski definition) is 42. The van der Waals surface area contributed by atoms with Crippen LogP contribution in [0.25, 0.3) is 33.4 Å². The van der Waals surface area contributed by atoms with Crippen LogP contribution in [0.1, 0.15) is 188 Å².